The van der Waals surface area contributed by atoms with Gasteiger partial charge in [-0.25, -0.2) is 4.98 Å². The van der Waals surface area contributed by atoms with E-state index in [4.69, 9.17) is 4.74 Å². The number of anilines is 2. The second kappa shape index (κ2) is 7.12. The fourth-order valence-electron chi connectivity index (χ4n) is 2.38. The number of aromatic nitrogens is 4. The number of aromatic amines is 1. The standard InChI is InChI=1S/C17H18N6O2S/c1-25-12-6-2-10(3-7-12)8-14-20-16(23-22-14)21-15(24)13-9-26-17(19-13)18-11-4-5-11/h2-3,6-7,9,11H,4-5,8H2,1H3,(H,18,19)(H2,20,21,22,23,24). The second-order valence-electron chi connectivity index (χ2n) is 6.04. The summed E-state index contributed by atoms with van der Waals surface area (Å²) in [6, 6.07) is 8.21. The van der Waals surface area contributed by atoms with E-state index in [0.717, 1.165) is 29.3 Å². The summed E-state index contributed by atoms with van der Waals surface area (Å²) < 4.78 is 5.14. The van der Waals surface area contributed by atoms with Crippen LogP contribution in [0.2, 0.25) is 0 Å². The molecule has 1 aliphatic carbocycles. The van der Waals surface area contributed by atoms with Crippen LogP contribution in [0.15, 0.2) is 29.6 Å². The van der Waals surface area contributed by atoms with E-state index in [1.807, 2.05) is 24.3 Å². The molecule has 0 bridgehead atoms. The lowest BCUT2D eigenvalue weighted by Crippen LogP contribution is -2.13. The van der Waals surface area contributed by atoms with Crippen molar-refractivity contribution in [1.29, 1.82) is 0 Å². The van der Waals surface area contributed by atoms with Gasteiger partial charge >= 0.3 is 0 Å². The Morgan fingerprint density at radius 2 is 2.12 bits per heavy atom. The summed E-state index contributed by atoms with van der Waals surface area (Å²) in [6.45, 7) is 0. The predicted octanol–water partition coefficient (Wildman–Crippen LogP) is 2.69. The molecular weight excluding hydrogens is 352 g/mol. The molecule has 1 aliphatic rings. The van der Waals surface area contributed by atoms with Crippen LogP contribution in [0, 0.1) is 0 Å². The smallest absolute Gasteiger partial charge is 0.277 e. The van der Waals surface area contributed by atoms with Crippen molar-refractivity contribution in [1.82, 2.24) is 20.2 Å². The molecule has 3 N–H and O–H groups in total. The van der Waals surface area contributed by atoms with Gasteiger partial charge in [0.15, 0.2) is 5.13 Å². The maximum absolute atomic E-state index is 12.3. The summed E-state index contributed by atoms with van der Waals surface area (Å²) in [4.78, 5) is 20.9. The quantitative estimate of drug-likeness (QED) is 0.591. The molecule has 0 radical (unpaired) electrons. The maximum Gasteiger partial charge on any atom is 0.277 e. The molecule has 1 saturated carbocycles. The van der Waals surface area contributed by atoms with Crippen molar-refractivity contribution in [3.63, 3.8) is 0 Å². The number of hydrogen-bond acceptors (Lipinski definition) is 7. The zero-order chi connectivity index (χ0) is 17.9. The third-order valence-electron chi connectivity index (χ3n) is 3.93. The number of nitrogens with zero attached hydrogens (tertiary/aromatic N) is 3. The number of carbonyl (C=O) groups excluding carboxylic acids is 1. The van der Waals surface area contributed by atoms with E-state index < -0.39 is 0 Å². The largest absolute Gasteiger partial charge is 0.497 e. The van der Waals surface area contributed by atoms with E-state index in [-0.39, 0.29) is 11.9 Å². The van der Waals surface area contributed by atoms with E-state index in [1.54, 1.807) is 12.5 Å². The third kappa shape index (κ3) is 3.99. The number of H-pyrrole nitrogens is 1. The molecule has 8 nitrogen and oxygen atoms in total. The monoisotopic (exact) mass is 370 g/mol. The fourth-order valence-corrected chi connectivity index (χ4v) is 3.15. The molecule has 9 heteroatoms. The first-order chi connectivity index (χ1) is 12.7. The number of nitrogens with one attached hydrogen (secondary N) is 3. The van der Waals surface area contributed by atoms with Crippen LogP contribution in [0.3, 0.4) is 0 Å². The van der Waals surface area contributed by atoms with Gasteiger partial charge in [0.1, 0.15) is 17.3 Å². The van der Waals surface area contributed by atoms with Crippen molar-refractivity contribution >= 4 is 28.3 Å². The Bertz CT molecular complexity index is 900. The van der Waals surface area contributed by atoms with Gasteiger partial charge in [0.05, 0.1) is 7.11 Å². The summed E-state index contributed by atoms with van der Waals surface area (Å²) in [5.41, 5.74) is 1.43. The fraction of sp³-hybridized carbons (Fsp3) is 0.294. The van der Waals surface area contributed by atoms with Crippen molar-refractivity contribution in [2.45, 2.75) is 25.3 Å². The SMILES string of the molecule is COc1ccc(Cc2nc(NC(=O)c3csc(NC4CC4)n3)n[nH]2)cc1. The summed E-state index contributed by atoms with van der Waals surface area (Å²) >= 11 is 1.42. The minimum Gasteiger partial charge on any atom is -0.497 e. The zero-order valence-electron chi connectivity index (χ0n) is 14.2. The first-order valence-electron chi connectivity index (χ1n) is 8.27. The molecule has 0 spiro atoms. The van der Waals surface area contributed by atoms with Crippen LogP contribution in [-0.2, 0) is 6.42 Å². The Kier molecular flexibility index (Phi) is 4.53. The van der Waals surface area contributed by atoms with Gasteiger partial charge in [0.25, 0.3) is 5.91 Å². The summed E-state index contributed by atoms with van der Waals surface area (Å²) in [6.07, 6.45) is 2.91. The van der Waals surface area contributed by atoms with Gasteiger partial charge in [-0.3, -0.25) is 15.2 Å². The lowest BCUT2D eigenvalue weighted by Gasteiger charge is -2.01. The molecule has 0 aliphatic heterocycles. The summed E-state index contributed by atoms with van der Waals surface area (Å²) in [7, 11) is 1.63. The van der Waals surface area contributed by atoms with Gasteiger partial charge < -0.3 is 10.1 Å². The highest BCUT2D eigenvalue weighted by molar-refractivity contribution is 7.13. The summed E-state index contributed by atoms with van der Waals surface area (Å²) in [5.74, 6) is 1.39. The van der Waals surface area contributed by atoms with E-state index in [9.17, 15) is 4.79 Å². The number of amides is 1. The third-order valence-corrected chi connectivity index (χ3v) is 4.70. The van der Waals surface area contributed by atoms with E-state index in [0.29, 0.717) is 24.0 Å². The van der Waals surface area contributed by atoms with Crippen LogP contribution in [-0.4, -0.2) is 39.2 Å². The lowest BCUT2D eigenvalue weighted by atomic mass is 10.1. The average Bonchev–Trinajstić information content (AvgIpc) is 3.15. The highest BCUT2D eigenvalue weighted by Crippen LogP contribution is 2.26. The Morgan fingerprint density at radius 3 is 2.85 bits per heavy atom. The van der Waals surface area contributed by atoms with E-state index in [1.165, 1.54) is 11.3 Å². The Labute approximate surface area is 154 Å². The van der Waals surface area contributed by atoms with Gasteiger partial charge in [-0.15, -0.1) is 16.4 Å². The van der Waals surface area contributed by atoms with Gasteiger partial charge in [-0.05, 0) is 30.5 Å². The summed E-state index contributed by atoms with van der Waals surface area (Å²) in [5, 5.41) is 15.3. The molecule has 4 rings (SSSR count). The average molecular weight is 370 g/mol. The van der Waals surface area contributed by atoms with Crippen molar-refractivity contribution in [3.05, 3.63) is 46.7 Å². The van der Waals surface area contributed by atoms with Crippen molar-refractivity contribution in [2.75, 3.05) is 17.7 Å². The van der Waals surface area contributed by atoms with Crippen LogP contribution in [0.4, 0.5) is 11.1 Å². The molecule has 2 aromatic heterocycles. The second-order valence-corrected chi connectivity index (χ2v) is 6.90. The molecule has 0 saturated heterocycles. The highest BCUT2D eigenvalue weighted by Gasteiger charge is 2.22. The number of benzene rings is 1. The minimum atomic E-state index is -0.319. The molecular formula is C17H18N6O2S. The number of rotatable bonds is 7. The Morgan fingerprint density at radius 1 is 1.31 bits per heavy atom. The first kappa shape index (κ1) is 16.5. The molecule has 0 unspecified atom stereocenters. The maximum atomic E-state index is 12.3. The molecule has 26 heavy (non-hydrogen) atoms. The minimum absolute atomic E-state index is 0.239. The first-order valence-corrected chi connectivity index (χ1v) is 9.15. The molecule has 2 heterocycles. The van der Waals surface area contributed by atoms with Crippen LogP contribution in [0.1, 0.15) is 34.7 Å². The van der Waals surface area contributed by atoms with Crippen LogP contribution >= 0.6 is 11.3 Å². The molecule has 1 aromatic carbocycles. The van der Waals surface area contributed by atoms with E-state index >= 15 is 0 Å². The van der Waals surface area contributed by atoms with Crippen LogP contribution in [0.5, 0.6) is 5.75 Å². The van der Waals surface area contributed by atoms with Crippen molar-refractivity contribution in [3.8, 4) is 5.75 Å². The molecule has 1 amide bonds. The Hall–Kier alpha value is -2.94. The molecule has 3 aromatic rings. The van der Waals surface area contributed by atoms with E-state index in [2.05, 4.69) is 30.8 Å². The topological polar surface area (TPSA) is 105 Å². The molecule has 0 atom stereocenters. The number of thiazole rings is 1. The lowest BCUT2D eigenvalue weighted by molar-refractivity contribution is 0.102. The van der Waals surface area contributed by atoms with Crippen molar-refractivity contribution in [2.24, 2.45) is 0 Å². The number of methoxy groups -OCH3 is 1. The molecule has 1 fully saturated rings. The number of ether oxygens (including phenoxy) is 1. The van der Waals surface area contributed by atoms with Gasteiger partial charge in [0, 0.05) is 17.8 Å². The van der Waals surface area contributed by atoms with Crippen LogP contribution < -0.4 is 15.4 Å². The predicted molar refractivity (Wildman–Crippen MR) is 98.9 cm³/mol. The zero-order valence-corrected chi connectivity index (χ0v) is 15.0. The highest BCUT2D eigenvalue weighted by atomic mass is 32.1. The van der Waals surface area contributed by atoms with Gasteiger partial charge in [0.2, 0.25) is 5.95 Å². The number of hydrogen-bond donors (Lipinski definition) is 3. The normalized spacial score (nSPS) is 13.4. The Balaban J connectivity index is 1.36. The molecule has 134 valence electrons. The van der Waals surface area contributed by atoms with Crippen molar-refractivity contribution < 1.29 is 9.53 Å². The van der Waals surface area contributed by atoms with Crippen LogP contribution in [0.25, 0.3) is 0 Å². The van der Waals surface area contributed by atoms with Gasteiger partial charge in [-0.2, -0.15) is 4.98 Å². The number of carbonyl (C=O) groups is 1. The van der Waals surface area contributed by atoms with Gasteiger partial charge in [-0.1, -0.05) is 12.1 Å².